The molecule has 1 aliphatic heterocycles. The second-order valence-electron chi connectivity index (χ2n) is 5.25. The number of thiazole rings is 1. The van der Waals surface area contributed by atoms with Gasteiger partial charge >= 0.3 is 0 Å². The largest absolute Gasteiger partial charge is 0.465 e. The number of thiophene rings is 1. The van der Waals surface area contributed by atoms with Gasteiger partial charge in [-0.25, -0.2) is 4.98 Å². The lowest BCUT2D eigenvalue weighted by Crippen LogP contribution is -2.30. The van der Waals surface area contributed by atoms with E-state index in [1.165, 1.54) is 29.6 Å². The first-order valence-electron chi connectivity index (χ1n) is 7.30. The van der Waals surface area contributed by atoms with Crippen LogP contribution < -0.4 is 10.1 Å². The van der Waals surface area contributed by atoms with Crippen molar-refractivity contribution in [3.05, 3.63) is 33.5 Å². The summed E-state index contributed by atoms with van der Waals surface area (Å²) in [6.07, 6.45) is 2.53. The Bertz CT molecular complexity index is 684. The fraction of sp³-hybridized carbons (Fsp3) is 0.400. The summed E-state index contributed by atoms with van der Waals surface area (Å²) in [7, 11) is 0. The lowest BCUT2D eigenvalue weighted by Gasteiger charge is -2.15. The van der Waals surface area contributed by atoms with Crippen LogP contribution in [-0.2, 0) is 11.3 Å². The fourth-order valence-electron chi connectivity index (χ4n) is 2.38. The molecule has 0 aliphatic carbocycles. The SMILES string of the molecule is CC(=O)NCc1ccc(C(=O)N2CCC(Oc3nccs3)C2)s1. The second kappa shape index (κ2) is 7.10. The molecule has 0 aromatic carbocycles. The van der Waals surface area contributed by atoms with Crippen molar-refractivity contribution in [3.63, 3.8) is 0 Å². The Morgan fingerprint density at radius 2 is 2.35 bits per heavy atom. The minimum atomic E-state index is -0.0759. The first-order chi connectivity index (χ1) is 11.1. The van der Waals surface area contributed by atoms with E-state index in [1.54, 1.807) is 6.20 Å². The van der Waals surface area contributed by atoms with E-state index in [9.17, 15) is 9.59 Å². The normalized spacial score (nSPS) is 17.3. The molecule has 0 saturated carbocycles. The van der Waals surface area contributed by atoms with Crippen molar-refractivity contribution in [2.75, 3.05) is 13.1 Å². The topological polar surface area (TPSA) is 71.5 Å². The molecule has 122 valence electrons. The van der Waals surface area contributed by atoms with Crippen molar-refractivity contribution in [2.45, 2.75) is 26.0 Å². The standard InChI is InChI=1S/C15H17N3O3S2/c1-10(19)17-8-12-2-3-13(23-12)14(20)18-6-4-11(9-18)21-15-16-5-7-22-15/h2-3,5,7,11H,4,6,8-9H2,1H3,(H,17,19). The van der Waals surface area contributed by atoms with E-state index in [0.717, 1.165) is 11.3 Å². The molecule has 1 aliphatic rings. The molecule has 1 fully saturated rings. The maximum Gasteiger partial charge on any atom is 0.273 e. The van der Waals surface area contributed by atoms with Crippen LogP contribution in [0.2, 0.25) is 0 Å². The summed E-state index contributed by atoms with van der Waals surface area (Å²) < 4.78 is 5.77. The maximum absolute atomic E-state index is 12.5. The van der Waals surface area contributed by atoms with Crippen molar-refractivity contribution in [1.29, 1.82) is 0 Å². The third-order valence-electron chi connectivity index (χ3n) is 3.49. The van der Waals surface area contributed by atoms with Crippen LogP contribution >= 0.6 is 22.7 Å². The smallest absolute Gasteiger partial charge is 0.273 e. The highest BCUT2D eigenvalue weighted by molar-refractivity contribution is 7.14. The van der Waals surface area contributed by atoms with Crippen LogP contribution in [0.4, 0.5) is 0 Å². The number of carbonyl (C=O) groups is 2. The van der Waals surface area contributed by atoms with E-state index in [1.807, 2.05) is 22.4 Å². The summed E-state index contributed by atoms with van der Waals surface area (Å²) in [4.78, 5) is 31.0. The Morgan fingerprint density at radius 3 is 3.09 bits per heavy atom. The molecule has 0 bridgehead atoms. The number of aromatic nitrogens is 1. The fourth-order valence-corrected chi connectivity index (χ4v) is 3.84. The second-order valence-corrected chi connectivity index (χ2v) is 7.28. The number of hydrogen-bond acceptors (Lipinski definition) is 6. The number of nitrogens with zero attached hydrogens (tertiary/aromatic N) is 2. The molecule has 0 spiro atoms. The molecular weight excluding hydrogens is 334 g/mol. The van der Waals surface area contributed by atoms with E-state index in [0.29, 0.717) is 29.7 Å². The Hall–Kier alpha value is -1.93. The first kappa shape index (κ1) is 15.9. The van der Waals surface area contributed by atoms with Crippen LogP contribution in [0.1, 0.15) is 27.9 Å². The third-order valence-corrected chi connectivity index (χ3v) is 5.23. The van der Waals surface area contributed by atoms with Gasteiger partial charge < -0.3 is 15.0 Å². The molecule has 23 heavy (non-hydrogen) atoms. The van der Waals surface area contributed by atoms with Crippen molar-refractivity contribution in [1.82, 2.24) is 15.2 Å². The van der Waals surface area contributed by atoms with Gasteiger partial charge in [0, 0.05) is 36.3 Å². The third kappa shape index (κ3) is 4.08. The molecule has 3 rings (SSSR count). The van der Waals surface area contributed by atoms with Gasteiger partial charge in [-0.2, -0.15) is 0 Å². The zero-order valence-electron chi connectivity index (χ0n) is 12.7. The van der Waals surface area contributed by atoms with E-state index < -0.39 is 0 Å². The summed E-state index contributed by atoms with van der Waals surface area (Å²) in [5.74, 6) is -0.0534. The number of likely N-dealkylation sites (tertiary alicyclic amines) is 1. The molecule has 3 heterocycles. The molecular formula is C15H17N3O3S2. The van der Waals surface area contributed by atoms with Crippen LogP contribution in [0.5, 0.6) is 5.19 Å². The van der Waals surface area contributed by atoms with Gasteiger partial charge in [0.15, 0.2) is 0 Å². The molecule has 6 nitrogen and oxygen atoms in total. The first-order valence-corrected chi connectivity index (χ1v) is 9.00. The van der Waals surface area contributed by atoms with Crippen molar-refractivity contribution >= 4 is 34.5 Å². The van der Waals surface area contributed by atoms with Gasteiger partial charge in [-0.1, -0.05) is 11.3 Å². The highest BCUT2D eigenvalue weighted by Crippen LogP contribution is 2.24. The van der Waals surface area contributed by atoms with Crippen LogP contribution in [0.25, 0.3) is 0 Å². The minimum Gasteiger partial charge on any atom is -0.465 e. The number of hydrogen-bond donors (Lipinski definition) is 1. The highest BCUT2D eigenvalue weighted by atomic mass is 32.1. The van der Waals surface area contributed by atoms with Crippen LogP contribution in [0, 0.1) is 0 Å². The summed E-state index contributed by atoms with van der Waals surface area (Å²) in [6.45, 7) is 3.21. The van der Waals surface area contributed by atoms with Crippen LogP contribution in [-0.4, -0.2) is 40.9 Å². The zero-order chi connectivity index (χ0) is 16.2. The lowest BCUT2D eigenvalue weighted by molar-refractivity contribution is -0.119. The molecule has 2 amide bonds. The molecule has 1 atom stereocenters. The summed E-state index contributed by atoms with van der Waals surface area (Å²) in [5.41, 5.74) is 0. The van der Waals surface area contributed by atoms with Gasteiger partial charge in [0.05, 0.1) is 18.0 Å². The van der Waals surface area contributed by atoms with Crippen LogP contribution in [0.15, 0.2) is 23.7 Å². The molecule has 8 heteroatoms. The Labute approximate surface area is 142 Å². The van der Waals surface area contributed by atoms with Gasteiger partial charge in [0.25, 0.3) is 11.1 Å². The predicted octanol–water partition coefficient (Wildman–Crippen LogP) is 2.13. The number of ether oxygens (including phenoxy) is 1. The minimum absolute atomic E-state index is 0.00362. The summed E-state index contributed by atoms with van der Waals surface area (Å²) >= 11 is 2.88. The molecule has 1 N–H and O–H groups in total. The van der Waals surface area contributed by atoms with Crippen LogP contribution in [0.3, 0.4) is 0 Å². The summed E-state index contributed by atoms with van der Waals surface area (Å²) in [6, 6.07) is 3.70. The van der Waals surface area contributed by atoms with Gasteiger partial charge in [-0.05, 0) is 12.1 Å². The Morgan fingerprint density at radius 1 is 1.48 bits per heavy atom. The molecule has 2 aromatic rings. The van der Waals surface area contributed by atoms with Crippen molar-refractivity contribution in [2.24, 2.45) is 0 Å². The van der Waals surface area contributed by atoms with Crippen molar-refractivity contribution < 1.29 is 14.3 Å². The zero-order valence-corrected chi connectivity index (χ0v) is 14.3. The van der Waals surface area contributed by atoms with Gasteiger partial charge in [0.1, 0.15) is 6.10 Å². The molecule has 1 saturated heterocycles. The highest BCUT2D eigenvalue weighted by Gasteiger charge is 2.29. The van der Waals surface area contributed by atoms with Gasteiger partial charge in [-0.3, -0.25) is 9.59 Å². The summed E-state index contributed by atoms with van der Waals surface area (Å²) in [5, 5.41) is 5.26. The number of rotatable bonds is 5. The predicted molar refractivity (Wildman–Crippen MR) is 88.9 cm³/mol. The lowest BCUT2D eigenvalue weighted by atomic mass is 10.3. The average molecular weight is 351 g/mol. The average Bonchev–Trinajstić information content (AvgIpc) is 3.27. The monoisotopic (exact) mass is 351 g/mol. The number of amides is 2. The maximum atomic E-state index is 12.5. The Kier molecular flexibility index (Phi) is 4.92. The Balaban J connectivity index is 1.55. The quantitative estimate of drug-likeness (QED) is 0.896. The molecule has 1 unspecified atom stereocenters. The van der Waals surface area contributed by atoms with E-state index in [-0.39, 0.29) is 17.9 Å². The van der Waals surface area contributed by atoms with E-state index >= 15 is 0 Å². The van der Waals surface area contributed by atoms with E-state index in [4.69, 9.17) is 4.74 Å². The van der Waals surface area contributed by atoms with E-state index in [2.05, 4.69) is 10.3 Å². The van der Waals surface area contributed by atoms with Gasteiger partial charge in [0.2, 0.25) is 5.91 Å². The number of nitrogens with one attached hydrogen (secondary N) is 1. The van der Waals surface area contributed by atoms with Gasteiger partial charge in [-0.15, -0.1) is 11.3 Å². The van der Waals surface area contributed by atoms with Crippen molar-refractivity contribution in [3.8, 4) is 5.19 Å². The molecule has 0 radical (unpaired) electrons. The number of carbonyl (C=O) groups excluding carboxylic acids is 2. The molecule has 2 aromatic heterocycles.